The van der Waals surface area contributed by atoms with Crippen molar-refractivity contribution in [1.82, 2.24) is 4.98 Å². The topological polar surface area (TPSA) is 56.0 Å². The fraction of sp³-hybridized carbons (Fsp3) is 0.250. The lowest BCUT2D eigenvalue weighted by atomic mass is 10.1. The van der Waals surface area contributed by atoms with Crippen LogP contribution in [-0.4, -0.2) is 16.2 Å². The Balaban J connectivity index is 3.00. The average molecular weight is 229 g/mol. The van der Waals surface area contributed by atoms with Crippen molar-refractivity contribution in [2.75, 3.05) is 5.33 Å². The van der Waals surface area contributed by atoms with Crippen molar-refractivity contribution in [2.24, 2.45) is 5.73 Å². The number of carbonyl (C=O) groups is 1. The zero-order chi connectivity index (χ0) is 8.97. The number of aromatic nitrogens is 1. The van der Waals surface area contributed by atoms with E-state index >= 15 is 0 Å². The number of halogens is 1. The molecule has 1 rings (SSSR count). The minimum absolute atomic E-state index is 0.372. The third-order valence-electron chi connectivity index (χ3n) is 1.49. The van der Waals surface area contributed by atoms with Crippen molar-refractivity contribution >= 4 is 21.8 Å². The molecule has 0 spiro atoms. The average Bonchev–Trinajstić information content (AvgIpc) is 2.05. The van der Waals surface area contributed by atoms with Gasteiger partial charge in [0.15, 0.2) is 0 Å². The van der Waals surface area contributed by atoms with Crippen LogP contribution in [0.1, 0.15) is 16.1 Å². The molecule has 0 fully saturated rings. The quantitative estimate of drug-likeness (QED) is 0.789. The molecule has 1 aromatic heterocycles. The first-order valence-corrected chi connectivity index (χ1v) is 4.67. The van der Waals surface area contributed by atoms with Gasteiger partial charge in [0, 0.05) is 11.5 Å². The number of amides is 1. The van der Waals surface area contributed by atoms with Gasteiger partial charge in [0.25, 0.3) is 5.91 Å². The number of nitrogens with two attached hydrogens (primary N) is 1. The van der Waals surface area contributed by atoms with E-state index in [-0.39, 0.29) is 0 Å². The molecule has 0 unspecified atom stereocenters. The van der Waals surface area contributed by atoms with Gasteiger partial charge in [-0.1, -0.05) is 22.0 Å². The molecule has 0 aliphatic carbocycles. The largest absolute Gasteiger partial charge is 0.364 e. The molecule has 0 aliphatic heterocycles. The Kier molecular flexibility index (Phi) is 3.22. The fourth-order valence-corrected chi connectivity index (χ4v) is 1.39. The van der Waals surface area contributed by atoms with E-state index in [4.69, 9.17) is 5.73 Å². The maximum Gasteiger partial charge on any atom is 0.267 e. The number of primary amides is 1. The van der Waals surface area contributed by atoms with Crippen LogP contribution in [-0.2, 0) is 6.42 Å². The van der Waals surface area contributed by atoms with E-state index in [0.717, 1.165) is 17.3 Å². The second-order valence-electron chi connectivity index (χ2n) is 2.31. The van der Waals surface area contributed by atoms with Crippen molar-refractivity contribution in [3.05, 3.63) is 29.6 Å². The van der Waals surface area contributed by atoms with Crippen LogP contribution in [0.15, 0.2) is 18.3 Å². The van der Waals surface area contributed by atoms with E-state index in [1.54, 1.807) is 12.3 Å². The number of pyridine rings is 1. The second-order valence-corrected chi connectivity index (χ2v) is 3.11. The van der Waals surface area contributed by atoms with Gasteiger partial charge in [-0.2, -0.15) is 0 Å². The molecule has 64 valence electrons. The summed E-state index contributed by atoms with van der Waals surface area (Å²) in [5, 5.41) is 0.805. The maximum atomic E-state index is 10.8. The van der Waals surface area contributed by atoms with E-state index in [1.807, 2.05) is 6.07 Å². The molecule has 0 radical (unpaired) electrons. The van der Waals surface area contributed by atoms with Gasteiger partial charge in [-0.3, -0.25) is 9.78 Å². The van der Waals surface area contributed by atoms with Crippen molar-refractivity contribution in [2.45, 2.75) is 6.42 Å². The van der Waals surface area contributed by atoms with Crippen LogP contribution in [0.5, 0.6) is 0 Å². The zero-order valence-electron chi connectivity index (χ0n) is 6.46. The standard InChI is InChI=1S/C8H9BrN2O/c9-4-3-6-2-1-5-11-7(6)8(10)12/h1-2,5H,3-4H2,(H2,10,12). The summed E-state index contributed by atoms with van der Waals surface area (Å²) in [6.45, 7) is 0. The summed E-state index contributed by atoms with van der Waals surface area (Å²) in [6, 6.07) is 3.65. The predicted octanol–water partition coefficient (Wildman–Crippen LogP) is 1.12. The summed E-state index contributed by atoms with van der Waals surface area (Å²) in [5.74, 6) is -0.466. The number of aryl methyl sites for hydroxylation is 1. The van der Waals surface area contributed by atoms with Crippen LogP contribution in [0.3, 0.4) is 0 Å². The maximum absolute atomic E-state index is 10.8. The van der Waals surface area contributed by atoms with Gasteiger partial charge in [0.05, 0.1) is 0 Å². The first-order chi connectivity index (χ1) is 5.75. The zero-order valence-corrected chi connectivity index (χ0v) is 8.04. The first-order valence-electron chi connectivity index (χ1n) is 3.55. The SMILES string of the molecule is NC(=O)c1ncccc1CCBr. The lowest BCUT2D eigenvalue weighted by molar-refractivity contribution is 0.0994. The normalized spacial score (nSPS) is 9.75. The van der Waals surface area contributed by atoms with E-state index in [1.165, 1.54) is 0 Å². The van der Waals surface area contributed by atoms with Crippen LogP contribution in [0, 0.1) is 0 Å². The van der Waals surface area contributed by atoms with Gasteiger partial charge in [-0.15, -0.1) is 0 Å². The highest BCUT2D eigenvalue weighted by atomic mass is 79.9. The Morgan fingerprint density at radius 3 is 3.00 bits per heavy atom. The Morgan fingerprint density at radius 2 is 2.42 bits per heavy atom. The lowest BCUT2D eigenvalue weighted by Crippen LogP contribution is -2.15. The lowest BCUT2D eigenvalue weighted by Gasteiger charge is -2.01. The number of carbonyl (C=O) groups excluding carboxylic acids is 1. The smallest absolute Gasteiger partial charge is 0.267 e. The summed E-state index contributed by atoms with van der Waals surface area (Å²) in [5.41, 5.74) is 6.39. The molecule has 0 bridgehead atoms. The van der Waals surface area contributed by atoms with Gasteiger partial charge in [0.1, 0.15) is 5.69 Å². The van der Waals surface area contributed by atoms with Crippen LogP contribution in [0.25, 0.3) is 0 Å². The second kappa shape index (κ2) is 4.21. The number of hydrogen-bond acceptors (Lipinski definition) is 2. The minimum atomic E-state index is -0.466. The van der Waals surface area contributed by atoms with E-state index < -0.39 is 5.91 Å². The molecule has 1 amide bonds. The molecule has 2 N–H and O–H groups in total. The monoisotopic (exact) mass is 228 g/mol. The van der Waals surface area contributed by atoms with Crippen LogP contribution < -0.4 is 5.73 Å². The van der Waals surface area contributed by atoms with E-state index in [2.05, 4.69) is 20.9 Å². The number of hydrogen-bond donors (Lipinski definition) is 1. The number of alkyl halides is 1. The van der Waals surface area contributed by atoms with Gasteiger partial charge < -0.3 is 5.73 Å². The summed E-state index contributed by atoms with van der Waals surface area (Å²) < 4.78 is 0. The molecule has 1 heterocycles. The first kappa shape index (κ1) is 9.19. The molecular weight excluding hydrogens is 220 g/mol. The number of nitrogens with zero attached hydrogens (tertiary/aromatic N) is 1. The van der Waals surface area contributed by atoms with Crippen LogP contribution in [0.2, 0.25) is 0 Å². The highest BCUT2D eigenvalue weighted by Gasteiger charge is 2.07. The molecule has 4 heteroatoms. The van der Waals surface area contributed by atoms with Gasteiger partial charge in [-0.05, 0) is 18.1 Å². The van der Waals surface area contributed by atoms with Crippen LogP contribution in [0.4, 0.5) is 0 Å². The van der Waals surface area contributed by atoms with E-state index in [0.29, 0.717) is 5.69 Å². The van der Waals surface area contributed by atoms with Crippen molar-refractivity contribution in [3.63, 3.8) is 0 Å². The molecule has 1 aromatic rings. The summed E-state index contributed by atoms with van der Waals surface area (Å²) >= 11 is 3.29. The molecule has 0 atom stereocenters. The van der Waals surface area contributed by atoms with Crippen molar-refractivity contribution in [3.8, 4) is 0 Å². The van der Waals surface area contributed by atoms with Gasteiger partial charge in [-0.25, -0.2) is 0 Å². The third kappa shape index (κ3) is 2.04. The fourth-order valence-electron chi connectivity index (χ4n) is 0.964. The van der Waals surface area contributed by atoms with E-state index in [9.17, 15) is 4.79 Å². The van der Waals surface area contributed by atoms with Crippen LogP contribution >= 0.6 is 15.9 Å². The molecule has 3 nitrogen and oxygen atoms in total. The molecule has 0 aliphatic rings. The Labute approximate surface area is 79.1 Å². The Morgan fingerprint density at radius 1 is 1.67 bits per heavy atom. The molecule has 0 saturated carbocycles. The molecule has 0 aromatic carbocycles. The van der Waals surface area contributed by atoms with Crippen molar-refractivity contribution < 1.29 is 4.79 Å². The summed E-state index contributed by atoms with van der Waals surface area (Å²) in [6.07, 6.45) is 2.34. The third-order valence-corrected chi connectivity index (χ3v) is 1.88. The predicted molar refractivity (Wildman–Crippen MR) is 50.3 cm³/mol. The van der Waals surface area contributed by atoms with Crippen molar-refractivity contribution in [1.29, 1.82) is 0 Å². The molecular formula is C8H9BrN2O. The minimum Gasteiger partial charge on any atom is -0.364 e. The highest BCUT2D eigenvalue weighted by molar-refractivity contribution is 9.09. The Hall–Kier alpha value is -0.900. The van der Waals surface area contributed by atoms with Gasteiger partial charge in [0.2, 0.25) is 0 Å². The summed E-state index contributed by atoms with van der Waals surface area (Å²) in [7, 11) is 0. The summed E-state index contributed by atoms with van der Waals surface area (Å²) in [4.78, 5) is 14.7. The number of rotatable bonds is 3. The molecule has 0 saturated heterocycles. The van der Waals surface area contributed by atoms with Gasteiger partial charge >= 0.3 is 0 Å². The molecule has 12 heavy (non-hydrogen) atoms. The highest BCUT2D eigenvalue weighted by Crippen LogP contribution is 2.06. The Bertz CT molecular complexity index is 288.